The van der Waals surface area contributed by atoms with Gasteiger partial charge in [0.25, 0.3) is 5.91 Å². The highest BCUT2D eigenvalue weighted by Crippen LogP contribution is 2.23. The molecular weight excluding hydrogens is 360 g/mol. The fourth-order valence-electron chi connectivity index (χ4n) is 3.12. The minimum Gasteiger partial charge on any atom is -0.381 e. The second kappa shape index (κ2) is 7.35. The van der Waals surface area contributed by atoms with Gasteiger partial charge in [0.15, 0.2) is 9.84 Å². The average Bonchev–Trinajstić information content (AvgIpc) is 2.94. The van der Waals surface area contributed by atoms with Crippen molar-refractivity contribution in [2.75, 3.05) is 22.1 Å². The van der Waals surface area contributed by atoms with Crippen molar-refractivity contribution in [3.05, 3.63) is 59.7 Å². The van der Waals surface area contributed by atoms with Gasteiger partial charge in [-0.05, 0) is 53.8 Å². The summed E-state index contributed by atoms with van der Waals surface area (Å²) >= 11 is 0. The number of rotatable bonds is 4. The summed E-state index contributed by atoms with van der Waals surface area (Å²) in [5.41, 5.74) is 3.40. The molecule has 2 N–H and O–H groups in total. The van der Waals surface area contributed by atoms with E-state index in [2.05, 4.69) is 31.4 Å². The van der Waals surface area contributed by atoms with Crippen molar-refractivity contribution in [3.8, 4) is 0 Å². The predicted octanol–water partition coefficient (Wildman–Crippen LogP) is 3.84. The molecule has 27 heavy (non-hydrogen) atoms. The molecule has 0 saturated carbocycles. The van der Waals surface area contributed by atoms with Gasteiger partial charge in [0.2, 0.25) is 0 Å². The molecule has 5 nitrogen and oxygen atoms in total. The van der Waals surface area contributed by atoms with Crippen LogP contribution in [0.3, 0.4) is 0 Å². The Morgan fingerprint density at radius 3 is 2.07 bits per heavy atom. The minimum absolute atomic E-state index is 0.0447. The Hall–Kier alpha value is -2.34. The first-order valence-electron chi connectivity index (χ1n) is 9.11. The van der Waals surface area contributed by atoms with Crippen molar-refractivity contribution < 1.29 is 13.2 Å². The van der Waals surface area contributed by atoms with Crippen LogP contribution >= 0.6 is 0 Å². The molecule has 144 valence electrons. The van der Waals surface area contributed by atoms with Gasteiger partial charge in [0.05, 0.1) is 11.5 Å². The smallest absolute Gasteiger partial charge is 0.255 e. The van der Waals surface area contributed by atoms with Gasteiger partial charge in [-0.15, -0.1) is 0 Å². The maximum atomic E-state index is 12.4. The molecular formula is C21H26N2O3S. The number of hydrogen-bond acceptors (Lipinski definition) is 4. The van der Waals surface area contributed by atoms with Gasteiger partial charge in [-0.1, -0.05) is 32.9 Å². The molecule has 1 amide bonds. The Morgan fingerprint density at radius 2 is 1.56 bits per heavy atom. The average molecular weight is 387 g/mol. The summed E-state index contributed by atoms with van der Waals surface area (Å²) in [7, 11) is -2.90. The van der Waals surface area contributed by atoms with Gasteiger partial charge >= 0.3 is 0 Å². The number of nitrogens with one attached hydrogen (secondary N) is 2. The fraction of sp³-hybridized carbons (Fsp3) is 0.381. The van der Waals surface area contributed by atoms with Crippen molar-refractivity contribution in [3.63, 3.8) is 0 Å². The van der Waals surface area contributed by atoms with E-state index in [4.69, 9.17) is 0 Å². The summed E-state index contributed by atoms with van der Waals surface area (Å²) in [6.45, 7) is 6.41. The van der Waals surface area contributed by atoms with Crippen LogP contribution < -0.4 is 10.6 Å². The van der Waals surface area contributed by atoms with Gasteiger partial charge < -0.3 is 10.6 Å². The summed E-state index contributed by atoms with van der Waals surface area (Å²) in [5, 5.41) is 6.12. The SMILES string of the molecule is CC(C)(C)c1ccc(C(=O)Nc2ccc(NC3CCS(=O)(=O)C3)cc2)cc1. The molecule has 0 aromatic heterocycles. The number of carbonyl (C=O) groups is 1. The van der Waals surface area contributed by atoms with Crippen molar-refractivity contribution in [2.24, 2.45) is 0 Å². The Bertz CT molecular complexity index is 911. The maximum Gasteiger partial charge on any atom is 0.255 e. The second-order valence-corrected chi connectivity index (χ2v) is 10.3. The van der Waals surface area contributed by atoms with E-state index in [0.29, 0.717) is 17.7 Å². The lowest BCUT2D eigenvalue weighted by Gasteiger charge is -2.19. The highest BCUT2D eigenvalue weighted by molar-refractivity contribution is 7.91. The third-order valence-electron chi connectivity index (χ3n) is 4.76. The molecule has 0 radical (unpaired) electrons. The normalized spacial score (nSPS) is 18.9. The van der Waals surface area contributed by atoms with Crippen molar-refractivity contribution in [2.45, 2.75) is 38.6 Å². The fourth-order valence-corrected chi connectivity index (χ4v) is 4.79. The van der Waals surface area contributed by atoms with Crippen LogP contribution in [0.1, 0.15) is 43.1 Å². The Kier molecular flexibility index (Phi) is 5.29. The predicted molar refractivity (Wildman–Crippen MR) is 110 cm³/mol. The van der Waals surface area contributed by atoms with Crippen LogP contribution in [-0.2, 0) is 15.3 Å². The highest BCUT2D eigenvalue weighted by atomic mass is 32.2. The van der Waals surface area contributed by atoms with E-state index in [9.17, 15) is 13.2 Å². The van der Waals surface area contributed by atoms with E-state index < -0.39 is 9.84 Å². The van der Waals surface area contributed by atoms with E-state index in [1.54, 1.807) is 0 Å². The third kappa shape index (κ3) is 5.10. The van der Waals surface area contributed by atoms with Gasteiger partial charge in [0.1, 0.15) is 0 Å². The van der Waals surface area contributed by atoms with Gasteiger partial charge in [-0.25, -0.2) is 8.42 Å². The summed E-state index contributed by atoms with van der Waals surface area (Å²) in [5.74, 6) is 0.265. The quantitative estimate of drug-likeness (QED) is 0.837. The van der Waals surface area contributed by atoms with Gasteiger partial charge in [0, 0.05) is 23.0 Å². The van der Waals surface area contributed by atoms with Crippen molar-refractivity contribution in [1.82, 2.24) is 0 Å². The molecule has 2 aromatic carbocycles. The third-order valence-corrected chi connectivity index (χ3v) is 6.53. The first kappa shape index (κ1) is 19.4. The van der Waals surface area contributed by atoms with Crippen LogP contribution in [0.5, 0.6) is 0 Å². The molecule has 1 heterocycles. The second-order valence-electron chi connectivity index (χ2n) is 8.10. The summed E-state index contributed by atoms with van der Waals surface area (Å²) in [4.78, 5) is 12.4. The zero-order valence-electron chi connectivity index (χ0n) is 16.0. The number of carbonyl (C=O) groups excluding carboxylic acids is 1. The molecule has 1 unspecified atom stereocenters. The molecule has 0 spiro atoms. The van der Waals surface area contributed by atoms with Crippen molar-refractivity contribution in [1.29, 1.82) is 0 Å². The molecule has 0 bridgehead atoms. The van der Waals surface area contributed by atoms with Crippen LogP contribution in [0.2, 0.25) is 0 Å². The lowest BCUT2D eigenvalue weighted by atomic mass is 9.87. The Labute approximate surface area is 161 Å². The van der Waals surface area contributed by atoms with Gasteiger partial charge in [-0.3, -0.25) is 4.79 Å². The Morgan fingerprint density at radius 1 is 0.963 bits per heavy atom. The number of benzene rings is 2. The number of hydrogen-bond donors (Lipinski definition) is 2. The molecule has 6 heteroatoms. The number of sulfone groups is 1. The summed E-state index contributed by atoms with van der Waals surface area (Å²) in [6.07, 6.45) is 0.630. The molecule has 3 rings (SSSR count). The molecule has 1 aliphatic rings. The first-order chi connectivity index (χ1) is 12.6. The topological polar surface area (TPSA) is 75.3 Å². The van der Waals surface area contributed by atoms with Crippen LogP contribution in [0.25, 0.3) is 0 Å². The van der Waals surface area contributed by atoms with Crippen LogP contribution in [0, 0.1) is 0 Å². The van der Waals surface area contributed by atoms with Crippen LogP contribution in [0.4, 0.5) is 11.4 Å². The van der Waals surface area contributed by atoms with E-state index in [-0.39, 0.29) is 28.9 Å². The molecule has 2 aromatic rings. The largest absolute Gasteiger partial charge is 0.381 e. The first-order valence-corrected chi connectivity index (χ1v) is 10.9. The summed E-state index contributed by atoms with van der Waals surface area (Å²) < 4.78 is 23.1. The standard InChI is InChI=1S/C21H26N2O3S/c1-21(2,3)16-6-4-15(5-7-16)20(24)23-18-10-8-17(9-11-18)22-19-12-13-27(25,26)14-19/h4-11,19,22H,12-14H2,1-3H3,(H,23,24). The van der Waals surface area contributed by atoms with Crippen LogP contribution in [-0.4, -0.2) is 31.9 Å². The lowest BCUT2D eigenvalue weighted by Crippen LogP contribution is -2.20. The molecule has 1 saturated heterocycles. The van der Waals surface area contributed by atoms with Crippen LogP contribution in [0.15, 0.2) is 48.5 Å². The van der Waals surface area contributed by atoms with Crippen molar-refractivity contribution >= 4 is 27.1 Å². The zero-order valence-corrected chi connectivity index (χ0v) is 16.8. The van der Waals surface area contributed by atoms with Gasteiger partial charge in [-0.2, -0.15) is 0 Å². The monoisotopic (exact) mass is 386 g/mol. The summed E-state index contributed by atoms with van der Waals surface area (Å²) in [6, 6.07) is 14.9. The molecule has 1 aliphatic heterocycles. The number of anilines is 2. The molecule has 1 atom stereocenters. The molecule has 0 aliphatic carbocycles. The number of amides is 1. The van der Waals surface area contributed by atoms with E-state index in [1.165, 1.54) is 5.56 Å². The zero-order chi connectivity index (χ0) is 19.7. The minimum atomic E-state index is -2.90. The highest BCUT2D eigenvalue weighted by Gasteiger charge is 2.27. The van der Waals surface area contributed by atoms with E-state index in [0.717, 1.165) is 5.69 Å². The maximum absolute atomic E-state index is 12.4. The Balaban J connectivity index is 1.60. The van der Waals surface area contributed by atoms with E-state index in [1.807, 2.05) is 48.5 Å². The molecule has 1 fully saturated rings. The van der Waals surface area contributed by atoms with E-state index >= 15 is 0 Å². The lowest BCUT2D eigenvalue weighted by molar-refractivity contribution is 0.102.